The number of pyridine rings is 1. The van der Waals surface area contributed by atoms with E-state index in [-0.39, 0.29) is 0 Å². The van der Waals surface area contributed by atoms with Crippen LogP contribution in [0.15, 0.2) is 24.5 Å². The highest BCUT2D eigenvalue weighted by Crippen LogP contribution is 2.22. The average molecular weight is 273 g/mol. The summed E-state index contributed by atoms with van der Waals surface area (Å²) in [5.74, 6) is 2.53. The van der Waals surface area contributed by atoms with E-state index in [9.17, 15) is 0 Å². The van der Waals surface area contributed by atoms with Crippen LogP contribution in [0.4, 0.5) is 0 Å². The highest BCUT2D eigenvalue weighted by Gasteiger charge is 2.11. The fraction of sp³-hybridized carbons (Fsp3) is 0.400. The number of nitrogens with zero attached hydrogens (tertiary/aromatic N) is 3. The summed E-state index contributed by atoms with van der Waals surface area (Å²) in [6.07, 6.45) is 4.20. The fourth-order valence-electron chi connectivity index (χ4n) is 1.87. The molecule has 2 aromatic heterocycles. The molecule has 0 aromatic carbocycles. The first-order chi connectivity index (χ1) is 9.63. The molecule has 5 nitrogen and oxygen atoms in total. The van der Waals surface area contributed by atoms with Crippen LogP contribution in [0.3, 0.4) is 0 Å². The molecule has 2 rings (SSSR count). The van der Waals surface area contributed by atoms with Gasteiger partial charge in [0, 0.05) is 0 Å². The van der Waals surface area contributed by atoms with Crippen molar-refractivity contribution < 1.29 is 9.47 Å². The molecule has 0 aliphatic rings. The van der Waals surface area contributed by atoms with Crippen molar-refractivity contribution in [3.8, 4) is 23.0 Å². The molecule has 0 saturated heterocycles. The molecule has 0 aliphatic heterocycles. The summed E-state index contributed by atoms with van der Waals surface area (Å²) in [5.41, 5.74) is 1.63. The number of rotatable bonds is 5. The van der Waals surface area contributed by atoms with E-state index in [1.165, 1.54) is 0 Å². The monoisotopic (exact) mass is 273 g/mol. The van der Waals surface area contributed by atoms with Crippen LogP contribution < -0.4 is 9.47 Å². The molecule has 0 amide bonds. The zero-order valence-corrected chi connectivity index (χ0v) is 12.3. The van der Waals surface area contributed by atoms with Crippen molar-refractivity contribution in [1.82, 2.24) is 15.0 Å². The number of hydrogen-bond donors (Lipinski definition) is 0. The van der Waals surface area contributed by atoms with Crippen LogP contribution in [-0.4, -0.2) is 29.2 Å². The molecule has 5 heteroatoms. The normalized spacial score (nSPS) is 10.7. The second-order valence-electron chi connectivity index (χ2n) is 4.89. The standard InChI is InChI=1S/C15H19N3O2/c1-10(2)7-13-14(20-4)9-17-15(18-13)12-6-5-11(19-3)8-16-12/h5-6,8-10H,7H2,1-4H3. The highest BCUT2D eigenvalue weighted by molar-refractivity contribution is 5.51. The Morgan fingerprint density at radius 3 is 2.40 bits per heavy atom. The molecule has 0 fully saturated rings. The van der Waals surface area contributed by atoms with Crippen molar-refractivity contribution in [1.29, 1.82) is 0 Å². The third-order valence-corrected chi connectivity index (χ3v) is 2.85. The predicted molar refractivity (Wildman–Crippen MR) is 76.9 cm³/mol. The molecule has 0 atom stereocenters. The van der Waals surface area contributed by atoms with E-state index in [0.29, 0.717) is 17.5 Å². The summed E-state index contributed by atoms with van der Waals surface area (Å²) in [7, 11) is 3.25. The largest absolute Gasteiger partial charge is 0.495 e. The summed E-state index contributed by atoms with van der Waals surface area (Å²) in [5, 5.41) is 0. The van der Waals surface area contributed by atoms with Crippen LogP contribution in [0.1, 0.15) is 19.5 Å². The van der Waals surface area contributed by atoms with Crippen LogP contribution in [0.5, 0.6) is 11.5 Å². The van der Waals surface area contributed by atoms with Gasteiger partial charge in [-0.15, -0.1) is 0 Å². The van der Waals surface area contributed by atoms with Crippen LogP contribution in [0, 0.1) is 5.92 Å². The molecular weight excluding hydrogens is 254 g/mol. The molecule has 2 aromatic rings. The first-order valence-corrected chi connectivity index (χ1v) is 6.54. The van der Waals surface area contributed by atoms with Gasteiger partial charge in [0.15, 0.2) is 11.6 Å². The molecule has 0 spiro atoms. The maximum atomic E-state index is 5.31. The lowest BCUT2D eigenvalue weighted by Gasteiger charge is -2.10. The molecule has 106 valence electrons. The molecule has 0 radical (unpaired) electrons. The number of methoxy groups -OCH3 is 2. The van der Waals surface area contributed by atoms with Crippen molar-refractivity contribution in [2.75, 3.05) is 14.2 Å². The Kier molecular flexibility index (Phi) is 4.50. The van der Waals surface area contributed by atoms with E-state index in [1.807, 2.05) is 12.1 Å². The van der Waals surface area contributed by atoms with Gasteiger partial charge in [-0.05, 0) is 24.5 Å². The minimum atomic E-state index is 0.496. The Morgan fingerprint density at radius 2 is 1.85 bits per heavy atom. The highest BCUT2D eigenvalue weighted by atomic mass is 16.5. The van der Waals surface area contributed by atoms with Gasteiger partial charge >= 0.3 is 0 Å². The first kappa shape index (κ1) is 14.2. The maximum absolute atomic E-state index is 5.31. The molecule has 20 heavy (non-hydrogen) atoms. The van der Waals surface area contributed by atoms with Gasteiger partial charge in [0.2, 0.25) is 0 Å². The first-order valence-electron chi connectivity index (χ1n) is 6.54. The topological polar surface area (TPSA) is 57.1 Å². The van der Waals surface area contributed by atoms with Crippen LogP contribution in [-0.2, 0) is 6.42 Å². The van der Waals surface area contributed by atoms with Gasteiger partial charge in [0.1, 0.15) is 11.4 Å². The molecule has 0 aliphatic carbocycles. The lowest BCUT2D eigenvalue weighted by Crippen LogP contribution is -2.04. The van der Waals surface area contributed by atoms with Crippen molar-refractivity contribution >= 4 is 0 Å². The van der Waals surface area contributed by atoms with Gasteiger partial charge in [0.05, 0.1) is 32.3 Å². The summed E-state index contributed by atoms with van der Waals surface area (Å²) in [6.45, 7) is 4.29. The van der Waals surface area contributed by atoms with Crippen LogP contribution in [0.2, 0.25) is 0 Å². The molecule has 2 heterocycles. The zero-order chi connectivity index (χ0) is 14.5. The minimum Gasteiger partial charge on any atom is -0.495 e. The predicted octanol–water partition coefficient (Wildman–Crippen LogP) is 2.75. The lowest BCUT2D eigenvalue weighted by molar-refractivity contribution is 0.401. The van der Waals surface area contributed by atoms with Gasteiger partial charge in [0.25, 0.3) is 0 Å². The molecular formula is C15H19N3O2. The third kappa shape index (κ3) is 3.23. The molecule has 0 saturated carbocycles. The lowest BCUT2D eigenvalue weighted by atomic mass is 10.1. The SMILES string of the molecule is COc1ccc(-c2ncc(OC)c(CC(C)C)n2)nc1. The molecule has 0 N–H and O–H groups in total. The summed E-state index contributed by atoms with van der Waals surface area (Å²) in [6, 6.07) is 3.69. The van der Waals surface area contributed by atoms with Gasteiger partial charge in [-0.3, -0.25) is 0 Å². The van der Waals surface area contributed by atoms with E-state index in [1.54, 1.807) is 26.6 Å². The van der Waals surface area contributed by atoms with Gasteiger partial charge < -0.3 is 9.47 Å². The second kappa shape index (κ2) is 6.32. The molecule has 0 bridgehead atoms. The summed E-state index contributed by atoms with van der Waals surface area (Å²) >= 11 is 0. The molecule has 0 unspecified atom stereocenters. The second-order valence-corrected chi connectivity index (χ2v) is 4.89. The van der Waals surface area contributed by atoms with E-state index in [0.717, 1.165) is 23.6 Å². The maximum Gasteiger partial charge on any atom is 0.178 e. The van der Waals surface area contributed by atoms with Crippen molar-refractivity contribution in [3.05, 3.63) is 30.2 Å². The summed E-state index contributed by atoms with van der Waals surface area (Å²) in [4.78, 5) is 13.2. The van der Waals surface area contributed by atoms with E-state index in [2.05, 4.69) is 28.8 Å². The van der Waals surface area contributed by atoms with E-state index >= 15 is 0 Å². The van der Waals surface area contributed by atoms with Crippen LogP contribution >= 0.6 is 0 Å². The Bertz CT molecular complexity index is 568. The summed E-state index contributed by atoms with van der Waals surface area (Å²) < 4.78 is 10.4. The van der Waals surface area contributed by atoms with Crippen molar-refractivity contribution in [2.24, 2.45) is 5.92 Å². The fourth-order valence-corrected chi connectivity index (χ4v) is 1.87. The number of ether oxygens (including phenoxy) is 2. The Hall–Kier alpha value is -2.17. The minimum absolute atomic E-state index is 0.496. The smallest absolute Gasteiger partial charge is 0.178 e. The van der Waals surface area contributed by atoms with Crippen LogP contribution in [0.25, 0.3) is 11.5 Å². The Balaban J connectivity index is 2.35. The van der Waals surface area contributed by atoms with E-state index < -0.39 is 0 Å². The Morgan fingerprint density at radius 1 is 1.05 bits per heavy atom. The number of hydrogen-bond acceptors (Lipinski definition) is 5. The quantitative estimate of drug-likeness (QED) is 0.838. The zero-order valence-electron chi connectivity index (χ0n) is 12.3. The van der Waals surface area contributed by atoms with Gasteiger partial charge in [-0.1, -0.05) is 13.8 Å². The Labute approximate surface area is 119 Å². The van der Waals surface area contributed by atoms with Crippen molar-refractivity contribution in [3.63, 3.8) is 0 Å². The van der Waals surface area contributed by atoms with Gasteiger partial charge in [-0.25, -0.2) is 15.0 Å². The van der Waals surface area contributed by atoms with Gasteiger partial charge in [-0.2, -0.15) is 0 Å². The average Bonchev–Trinajstić information content (AvgIpc) is 2.46. The third-order valence-electron chi connectivity index (χ3n) is 2.85. The van der Waals surface area contributed by atoms with Crippen molar-refractivity contribution in [2.45, 2.75) is 20.3 Å². The number of aromatic nitrogens is 3. The van der Waals surface area contributed by atoms with E-state index in [4.69, 9.17) is 9.47 Å².